The number of imidazole rings is 1. The van der Waals surface area contributed by atoms with Gasteiger partial charge in [-0.05, 0) is 26.9 Å². The number of carbonyl (C=O) groups is 1. The fourth-order valence-electron chi connectivity index (χ4n) is 1.35. The summed E-state index contributed by atoms with van der Waals surface area (Å²) in [5, 5.41) is 10.8. The normalized spacial score (nSPS) is 10.6. The lowest BCUT2D eigenvalue weighted by molar-refractivity contribution is -0.390. The van der Waals surface area contributed by atoms with Gasteiger partial charge in [0, 0.05) is 6.07 Å². The highest BCUT2D eigenvalue weighted by Gasteiger charge is 2.26. The molecule has 2 rings (SSSR count). The minimum Gasteiger partial charge on any atom is -0.364 e. The van der Waals surface area contributed by atoms with Crippen LogP contribution in [0.25, 0.3) is 5.65 Å². The lowest BCUT2D eigenvalue weighted by Crippen LogP contribution is -2.13. The molecule has 0 radical (unpaired) electrons. The number of aromatic nitrogens is 2. The summed E-state index contributed by atoms with van der Waals surface area (Å²) in [6.07, 6.45) is 1.45. The molecule has 1 amide bonds. The van der Waals surface area contributed by atoms with Crippen LogP contribution in [0.1, 0.15) is 10.5 Å². The van der Waals surface area contributed by atoms with Crippen LogP contribution < -0.4 is 5.73 Å². The Kier molecular flexibility index (Phi) is 2.35. The number of hydrogen-bond donors (Lipinski definition) is 1. The highest BCUT2D eigenvalue weighted by molar-refractivity contribution is 9.10. The van der Waals surface area contributed by atoms with Crippen LogP contribution in [0.3, 0.4) is 0 Å². The number of hydrogen-bond acceptors (Lipinski definition) is 4. The van der Waals surface area contributed by atoms with Gasteiger partial charge in [-0.1, -0.05) is 0 Å². The molecule has 0 aliphatic carbocycles. The van der Waals surface area contributed by atoms with Gasteiger partial charge in [0.15, 0.2) is 0 Å². The predicted octanol–water partition coefficient (Wildman–Crippen LogP) is 1.10. The Morgan fingerprint density at radius 2 is 2.25 bits per heavy atom. The molecule has 8 heteroatoms. The summed E-state index contributed by atoms with van der Waals surface area (Å²) in [7, 11) is 0. The molecule has 0 saturated heterocycles. The quantitative estimate of drug-likeness (QED) is 0.659. The van der Waals surface area contributed by atoms with Gasteiger partial charge in [-0.3, -0.25) is 4.79 Å². The number of carbonyl (C=O) groups excluding carboxylic acids is 1. The molecule has 0 saturated carbocycles. The molecule has 0 fully saturated rings. The molecule has 0 atom stereocenters. The van der Waals surface area contributed by atoms with E-state index in [4.69, 9.17) is 5.73 Å². The molecular formula is C8H5BrN4O3. The monoisotopic (exact) mass is 284 g/mol. The topological polar surface area (TPSA) is 104 Å². The van der Waals surface area contributed by atoms with Crippen LogP contribution in [0.2, 0.25) is 0 Å². The zero-order valence-corrected chi connectivity index (χ0v) is 9.34. The number of rotatable bonds is 2. The van der Waals surface area contributed by atoms with Gasteiger partial charge >= 0.3 is 5.82 Å². The standard InChI is InChI=1S/C8H5BrN4O3/c9-4-1-2-5-11-6(7(10)14)8(13(15)16)12(5)3-4/h1-3H,(H2,10,14). The van der Waals surface area contributed by atoms with Crippen LogP contribution in [0.15, 0.2) is 22.8 Å². The average molecular weight is 285 g/mol. The SMILES string of the molecule is NC(=O)c1nc2ccc(Br)cn2c1[N+](=O)[O-]. The first-order valence-electron chi connectivity index (χ1n) is 4.12. The Morgan fingerprint density at radius 1 is 1.56 bits per heavy atom. The van der Waals surface area contributed by atoms with Crippen LogP contribution in [0.5, 0.6) is 0 Å². The summed E-state index contributed by atoms with van der Waals surface area (Å²) in [6.45, 7) is 0. The molecule has 7 nitrogen and oxygen atoms in total. The second-order valence-corrected chi connectivity index (χ2v) is 3.90. The van der Waals surface area contributed by atoms with Crippen molar-refractivity contribution < 1.29 is 9.72 Å². The number of nitro groups is 1. The largest absolute Gasteiger partial charge is 0.364 e. The highest BCUT2D eigenvalue weighted by Crippen LogP contribution is 2.22. The number of nitrogens with two attached hydrogens (primary N) is 1. The van der Waals surface area contributed by atoms with Crippen molar-refractivity contribution in [3.8, 4) is 0 Å². The van der Waals surface area contributed by atoms with Gasteiger partial charge in [-0.25, -0.2) is 0 Å². The molecule has 0 aliphatic heterocycles. The van der Waals surface area contributed by atoms with E-state index in [1.807, 2.05) is 0 Å². The summed E-state index contributed by atoms with van der Waals surface area (Å²) in [6, 6.07) is 3.21. The van der Waals surface area contributed by atoms with Crippen molar-refractivity contribution in [3.63, 3.8) is 0 Å². The van der Waals surface area contributed by atoms with E-state index in [1.165, 1.54) is 10.6 Å². The maximum Gasteiger partial charge on any atom is 0.361 e. The molecule has 82 valence electrons. The van der Waals surface area contributed by atoms with Crippen molar-refractivity contribution in [3.05, 3.63) is 38.6 Å². The summed E-state index contributed by atoms with van der Waals surface area (Å²) < 4.78 is 1.83. The van der Waals surface area contributed by atoms with Gasteiger partial charge in [0.05, 0.1) is 4.47 Å². The van der Waals surface area contributed by atoms with Gasteiger partial charge in [-0.2, -0.15) is 9.38 Å². The second kappa shape index (κ2) is 3.56. The first-order chi connectivity index (χ1) is 7.50. The molecule has 16 heavy (non-hydrogen) atoms. The zero-order valence-electron chi connectivity index (χ0n) is 7.75. The van der Waals surface area contributed by atoms with E-state index in [0.29, 0.717) is 10.1 Å². The summed E-state index contributed by atoms with van der Waals surface area (Å²) in [5.74, 6) is -1.35. The van der Waals surface area contributed by atoms with E-state index in [0.717, 1.165) is 0 Å². The Labute approximate surface area is 97.2 Å². The molecule has 0 aliphatic rings. The highest BCUT2D eigenvalue weighted by atomic mass is 79.9. The van der Waals surface area contributed by atoms with Crippen LogP contribution >= 0.6 is 15.9 Å². The first-order valence-corrected chi connectivity index (χ1v) is 4.92. The van der Waals surface area contributed by atoms with Crippen molar-refractivity contribution in [1.82, 2.24) is 9.38 Å². The number of fused-ring (bicyclic) bond motifs is 1. The fourth-order valence-corrected chi connectivity index (χ4v) is 1.68. The third-order valence-electron chi connectivity index (χ3n) is 1.96. The molecule has 2 heterocycles. The molecule has 2 aromatic rings. The lowest BCUT2D eigenvalue weighted by Gasteiger charge is -1.94. The van der Waals surface area contributed by atoms with Crippen LogP contribution in [-0.2, 0) is 0 Å². The molecule has 0 unspecified atom stereocenters. The Morgan fingerprint density at radius 3 is 2.81 bits per heavy atom. The van der Waals surface area contributed by atoms with E-state index in [9.17, 15) is 14.9 Å². The van der Waals surface area contributed by atoms with E-state index in [2.05, 4.69) is 20.9 Å². The second-order valence-electron chi connectivity index (χ2n) is 2.98. The Balaban J connectivity index is 2.88. The number of pyridine rings is 1. The zero-order chi connectivity index (χ0) is 11.9. The first kappa shape index (κ1) is 10.6. The third-order valence-corrected chi connectivity index (χ3v) is 2.43. The Hall–Kier alpha value is -1.96. The molecule has 0 bridgehead atoms. The number of halogens is 1. The van der Waals surface area contributed by atoms with Crippen molar-refractivity contribution in [2.24, 2.45) is 5.73 Å². The van der Waals surface area contributed by atoms with E-state index < -0.39 is 16.6 Å². The molecular weight excluding hydrogens is 280 g/mol. The van der Waals surface area contributed by atoms with Gasteiger partial charge in [0.1, 0.15) is 6.20 Å². The maximum atomic E-state index is 11.0. The minimum atomic E-state index is -0.925. The fraction of sp³-hybridized carbons (Fsp3) is 0. The smallest absolute Gasteiger partial charge is 0.361 e. The molecule has 2 aromatic heterocycles. The van der Waals surface area contributed by atoms with Crippen molar-refractivity contribution in [2.75, 3.05) is 0 Å². The van der Waals surface area contributed by atoms with Gasteiger partial charge in [0.25, 0.3) is 5.91 Å². The van der Waals surface area contributed by atoms with Crippen LogP contribution in [0, 0.1) is 10.1 Å². The van der Waals surface area contributed by atoms with E-state index in [1.54, 1.807) is 12.1 Å². The summed E-state index contributed by atoms with van der Waals surface area (Å²) in [4.78, 5) is 25.0. The third kappa shape index (κ3) is 1.52. The van der Waals surface area contributed by atoms with Gasteiger partial charge < -0.3 is 15.8 Å². The van der Waals surface area contributed by atoms with Gasteiger partial charge in [0.2, 0.25) is 11.3 Å². The minimum absolute atomic E-state index is 0.295. The average Bonchev–Trinajstić information content (AvgIpc) is 2.55. The summed E-state index contributed by atoms with van der Waals surface area (Å²) in [5.41, 5.74) is 4.97. The van der Waals surface area contributed by atoms with E-state index >= 15 is 0 Å². The van der Waals surface area contributed by atoms with E-state index in [-0.39, 0.29) is 5.69 Å². The lowest BCUT2D eigenvalue weighted by atomic mass is 10.4. The van der Waals surface area contributed by atoms with Gasteiger partial charge in [-0.15, -0.1) is 0 Å². The van der Waals surface area contributed by atoms with Crippen LogP contribution in [-0.4, -0.2) is 20.2 Å². The van der Waals surface area contributed by atoms with Crippen molar-refractivity contribution >= 4 is 33.3 Å². The van der Waals surface area contributed by atoms with Crippen molar-refractivity contribution in [2.45, 2.75) is 0 Å². The molecule has 0 spiro atoms. The Bertz CT molecular complexity index is 607. The van der Waals surface area contributed by atoms with Crippen LogP contribution in [0.4, 0.5) is 5.82 Å². The van der Waals surface area contributed by atoms with Crippen molar-refractivity contribution in [1.29, 1.82) is 0 Å². The molecule has 0 aromatic carbocycles. The maximum absolute atomic E-state index is 11.0. The number of primary amides is 1. The number of nitrogens with zero attached hydrogens (tertiary/aromatic N) is 3. The molecule has 2 N–H and O–H groups in total. The number of amides is 1. The summed E-state index contributed by atoms with van der Waals surface area (Å²) >= 11 is 3.17. The predicted molar refractivity (Wildman–Crippen MR) is 58.1 cm³/mol.